The van der Waals surface area contributed by atoms with E-state index in [0.29, 0.717) is 5.69 Å². The Bertz CT molecular complexity index is 1240. The first-order chi connectivity index (χ1) is 14.5. The molecule has 30 heavy (non-hydrogen) atoms. The first kappa shape index (κ1) is 18.8. The van der Waals surface area contributed by atoms with Gasteiger partial charge >= 0.3 is 11.6 Å². The molecule has 1 amide bonds. The summed E-state index contributed by atoms with van der Waals surface area (Å²) in [6, 6.07) is 12.1. The van der Waals surface area contributed by atoms with Crippen LogP contribution in [0.1, 0.15) is 16.2 Å². The number of amides is 1. The van der Waals surface area contributed by atoms with Crippen LogP contribution in [0.4, 0.5) is 23.0 Å². The molecule has 4 rings (SSSR count). The number of hydrogen-bond donors (Lipinski definition) is 3. The van der Waals surface area contributed by atoms with Crippen LogP contribution in [0.25, 0.3) is 10.9 Å². The Labute approximate surface area is 169 Å². The molecule has 0 bridgehead atoms. The van der Waals surface area contributed by atoms with Crippen LogP contribution in [0.2, 0.25) is 0 Å². The Morgan fingerprint density at radius 2 is 1.93 bits per heavy atom. The number of carbonyl (C=O) groups excluding carboxylic acids is 1. The maximum absolute atomic E-state index is 12.0. The molecule has 4 aromatic rings. The molecule has 0 aliphatic heterocycles. The van der Waals surface area contributed by atoms with Gasteiger partial charge in [-0.05, 0) is 43.3 Å². The Hall–Kier alpha value is -4.54. The van der Waals surface area contributed by atoms with Gasteiger partial charge in [0.1, 0.15) is 6.33 Å². The molecule has 3 aromatic heterocycles. The number of nitrogens with zero attached hydrogens (tertiary/aromatic N) is 4. The molecule has 0 unspecified atom stereocenters. The summed E-state index contributed by atoms with van der Waals surface area (Å²) in [6.45, 7) is 1.88. The summed E-state index contributed by atoms with van der Waals surface area (Å²) in [5.74, 6) is -0.807. The van der Waals surface area contributed by atoms with E-state index in [1.54, 1.807) is 18.2 Å². The van der Waals surface area contributed by atoms with E-state index in [2.05, 4.69) is 31.1 Å². The number of nitro groups is 1. The van der Waals surface area contributed by atoms with Crippen molar-refractivity contribution in [3.05, 3.63) is 76.6 Å². The number of anilines is 3. The van der Waals surface area contributed by atoms with E-state index >= 15 is 0 Å². The minimum atomic E-state index is -0.642. The maximum atomic E-state index is 12.0. The van der Waals surface area contributed by atoms with Crippen molar-refractivity contribution >= 4 is 39.8 Å². The monoisotopic (exact) mass is 405 g/mol. The van der Waals surface area contributed by atoms with Crippen molar-refractivity contribution in [1.82, 2.24) is 20.4 Å². The fourth-order valence-electron chi connectivity index (χ4n) is 2.81. The summed E-state index contributed by atoms with van der Waals surface area (Å²) in [5.41, 5.74) is 6.50. The number of nitrogens with one attached hydrogen (secondary N) is 3. The van der Waals surface area contributed by atoms with Crippen molar-refractivity contribution in [3.8, 4) is 0 Å². The van der Waals surface area contributed by atoms with Gasteiger partial charge in [0.2, 0.25) is 11.6 Å². The summed E-state index contributed by atoms with van der Waals surface area (Å²) in [4.78, 5) is 35.4. The molecular weight excluding hydrogens is 390 g/mol. The molecular formula is C19H15N7O4. The molecule has 3 heterocycles. The van der Waals surface area contributed by atoms with Gasteiger partial charge in [-0.2, -0.15) is 0 Å². The van der Waals surface area contributed by atoms with Crippen LogP contribution in [-0.2, 0) is 0 Å². The number of aryl methyl sites for hydroxylation is 1. The number of rotatable bonds is 6. The summed E-state index contributed by atoms with van der Waals surface area (Å²) in [7, 11) is 0. The molecule has 0 saturated carbocycles. The van der Waals surface area contributed by atoms with Gasteiger partial charge in [-0.3, -0.25) is 30.7 Å². The first-order valence-corrected chi connectivity index (χ1v) is 8.75. The van der Waals surface area contributed by atoms with Crippen molar-refractivity contribution in [2.24, 2.45) is 0 Å². The second-order valence-corrected chi connectivity index (χ2v) is 6.18. The van der Waals surface area contributed by atoms with E-state index in [1.165, 1.54) is 12.3 Å². The molecule has 0 fully saturated rings. The first-order valence-electron chi connectivity index (χ1n) is 8.75. The third kappa shape index (κ3) is 3.71. The predicted molar refractivity (Wildman–Crippen MR) is 108 cm³/mol. The summed E-state index contributed by atoms with van der Waals surface area (Å²) < 4.78 is 4.98. The molecule has 0 atom stereocenters. The van der Waals surface area contributed by atoms with E-state index < -0.39 is 16.5 Å². The van der Waals surface area contributed by atoms with Crippen molar-refractivity contribution in [1.29, 1.82) is 0 Å². The van der Waals surface area contributed by atoms with Gasteiger partial charge in [-0.15, -0.1) is 0 Å². The highest BCUT2D eigenvalue weighted by Crippen LogP contribution is 2.33. The molecule has 150 valence electrons. The smallest absolute Gasteiger partial charge is 0.355 e. The van der Waals surface area contributed by atoms with Gasteiger partial charge in [-0.1, -0.05) is 6.07 Å². The SMILES string of the molecule is Cc1ccc2c(Nc3ncnc(NNC(=O)c4ccco4)c3[N+](=O)[O-])cccc2n1. The highest BCUT2D eigenvalue weighted by molar-refractivity contribution is 5.94. The molecule has 11 nitrogen and oxygen atoms in total. The molecule has 1 aromatic carbocycles. The number of pyridine rings is 1. The highest BCUT2D eigenvalue weighted by Gasteiger charge is 2.24. The van der Waals surface area contributed by atoms with E-state index in [9.17, 15) is 14.9 Å². The predicted octanol–water partition coefficient (Wildman–Crippen LogP) is 3.33. The minimum absolute atomic E-state index is 0.0381. The minimum Gasteiger partial charge on any atom is -0.459 e. The Kier molecular flexibility index (Phi) is 4.91. The lowest BCUT2D eigenvalue weighted by Gasteiger charge is -2.12. The van der Waals surface area contributed by atoms with Crippen LogP contribution >= 0.6 is 0 Å². The number of benzene rings is 1. The number of furan rings is 1. The van der Waals surface area contributed by atoms with Gasteiger partial charge in [0.25, 0.3) is 0 Å². The van der Waals surface area contributed by atoms with E-state index in [0.717, 1.165) is 22.9 Å². The summed E-state index contributed by atoms with van der Waals surface area (Å²) in [5, 5.41) is 15.5. The molecule has 0 saturated heterocycles. The topological polar surface area (TPSA) is 148 Å². The molecule has 0 aliphatic carbocycles. The van der Waals surface area contributed by atoms with Crippen LogP contribution in [-0.4, -0.2) is 25.8 Å². The number of carbonyl (C=O) groups is 1. The zero-order valence-electron chi connectivity index (χ0n) is 15.6. The van der Waals surface area contributed by atoms with E-state index in [4.69, 9.17) is 4.42 Å². The number of hydrogen-bond acceptors (Lipinski definition) is 9. The highest BCUT2D eigenvalue weighted by atomic mass is 16.6. The van der Waals surface area contributed by atoms with Gasteiger partial charge in [0.15, 0.2) is 5.76 Å². The van der Waals surface area contributed by atoms with Crippen molar-refractivity contribution < 1.29 is 14.1 Å². The lowest BCUT2D eigenvalue weighted by atomic mass is 10.1. The van der Waals surface area contributed by atoms with Crippen molar-refractivity contribution in [2.45, 2.75) is 6.92 Å². The van der Waals surface area contributed by atoms with Crippen LogP contribution in [0.15, 0.2) is 59.5 Å². The van der Waals surface area contributed by atoms with Gasteiger partial charge in [0.05, 0.1) is 16.7 Å². The number of hydrazine groups is 1. The van der Waals surface area contributed by atoms with Crippen LogP contribution < -0.4 is 16.2 Å². The Morgan fingerprint density at radius 1 is 1.10 bits per heavy atom. The second-order valence-electron chi connectivity index (χ2n) is 6.18. The summed E-state index contributed by atoms with van der Waals surface area (Å²) >= 11 is 0. The van der Waals surface area contributed by atoms with Gasteiger partial charge in [0, 0.05) is 16.8 Å². The van der Waals surface area contributed by atoms with Crippen molar-refractivity contribution in [2.75, 3.05) is 10.7 Å². The molecule has 0 spiro atoms. The number of aromatic nitrogens is 3. The lowest BCUT2D eigenvalue weighted by molar-refractivity contribution is -0.383. The molecule has 0 aliphatic rings. The largest absolute Gasteiger partial charge is 0.459 e. The lowest BCUT2D eigenvalue weighted by Crippen LogP contribution is -2.30. The average Bonchev–Trinajstić information content (AvgIpc) is 3.27. The van der Waals surface area contributed by atoms with Crippen molar-refractivity contribution in [3.63, 3.8) is 0 Å². The van der Waals surface area contributed by atoms with E-state index in [1.807, 2.05) is 25.1 Å². The van der Waals surface area contributed by atoms with Crippen LogP contribution in [0.5, 0.6) is 0 Å². The maximum Gasteiger partial charge on any atom is 0.355 e. The quantitative estimate of drug-likeness (QED) is 0.324. The zero-order valence-corrected chi connectivity index (χ0v) is 15.6. The molecule has 0 radical (unpaired) electrons. The van der Waals surface area contributed by atoms with Crippen LogP contribution in [0, 0.1) is 17.0 Å². The van der Waals surface area contributed by atoms with Gasteiger partial charge in [-0.25, -0.2) is 9.97 Å². The van der Waals surface area contributed by atoms with Gasteiger partial charge < -0.3 is 9.73 Å². The normalized spacial score (nSPS) is 10.6. The Morgan fingerprint density at radius 3 is 2.70 bits per heavy atom. The standard InChI is InChI=1S/C19H15N7O4/c1-11-7-8-12-13(22-11)4-2-5-14(12)23-17-16(26(28)29)18(21-10-20-17)24-25-19(27)15-6-3-9-30-15/h2-10H,1H3,(H,25,27)(H2,20,21,23,24). The molecule has 11 heteroatoms. The number of fused-ring (bicyclic) bond motifs is 1. The van der Waals surface area contributed by atoms with E-state index in [-0.39, 0.29) is 17.4 Å². The average molecular weight is 405 g/mol. The zero-order chi connectivity index (χ0) is 21.1. The third-order valence-corrected chi connectivity index (χ3v) is 4.17. The summed E-state index contributed by atoms with van der Waals surface area (Å²) in [6.07, 6.45) is 2.48. The fraction of sp³-hybridized carbons (Fsp3) is 0.0526. The third-order valence-electron chi connectivity index (χ3n) is 4.17. The molecule has 3 N–H and O–H groups in total. The second kappa shape index (κ2) is 7.83. The van der Waals surface area contributed by atoms with Crippen LogP contribution in [0.3, 0.4) is 0 Å². The fourth-order valence-corrected chi connectivity index (χ4v) is 2.81. The Balaban J connectivity index is 1.65.